The Bertz CT molecular complexity index is 1310. The molecule has 0 aliphatic heterocycles. The molecule has 0 saturated carbocycles. The van der Waals surface area contributed by atoms with Crippen molar-refractivity contribution in [3.8, 4) is 0 Å². The number of aliphatic hydroxyl groups is 1. The standard InChI is InChI=1S/C29H42N9O10/c1-16(25(44)33-11-12-39)35-29(48)21(15-40)38-28(47)19(8-10-23(32)42)36-24(43)14-34-27(46)20(13-17-5-3-2-4-6-17)37-26(45)18(30)7-9-22(31)41/h2-6,16,18-21,40H,7-11,13-15,30H2,1H3,(H2,31,41)(H2,32,42)(H,33,44)(H,34,46)(H,35,48)(H,36,43)(H,37,45)(H,38,47)/t16-,18-,19-,20-,21-/m0/s1. The summed E-state index contributed by atoms with van der Waals surface area (Å²) in [4.78, 5) is 109. The van der Waals surface area contributed by atoms with Gasteiger partial charge in [0.05, 0.1) is 25.7 Å². The van der Waals surface area contributed by atoms with Gasteiger partial charge in [-0.1, -0.05) is 30.3 Å². The van der Waals surface area contributed by atoms with Gasteiger partial charge in [0.2, 0.25) is 53.5 Å². The minimum absolute atomic E-state index is 0.00658. The Morgan fingerprint density at radius 2 is 1.31 bits per heavy atom. The van der Waals surface area contributed by atoms with Crippen LogP contribution in [0.25, 0.3) is 0 Å². The SMILES string of the molecule is C[C@H](NC(=O)[C@H](CO)NC(=O)[C@H](CCC(N)=O)NC(=O)CNC(=O)[C@H](Cc1ccccc1)NC(=O)[C@@H](N)CCC(N)=O)C(=O)NC[C]=O. The fraction of sp³-hybridized carbons (Fsp3) is 0.483. The zero-order valence-electron chi connectivity index (χ0n) is 26.3. The van der Waals surface area contributed by atoms with Gasteiger partial charge in [-0.05, 0) is 25.3 Å². The first-order chi connectivity index (χ1) is 22.7. The summed E-state index contributed by atoms with van der Waals surface area (Å²) in [5, 5.41) is 23.5. The summed E-state index contributed by atoms with van der Waals surface area (Å²) in [5.74, 6) is -6.62. The molecule has 0 unspecified atom stereocenters. The first kappa shape index (κ1) is 40.6. The van der Waals surface area contributed by atoms with Crippen molar-refractivity contribution >= 4 is 53.5 Å². The Kier molecular flexibility index (Phi) is 18.1. The van der Waals surface area contributed by atoms with E-state index in [0.29, 0.717) is 5.56 Å². The van der Waals surface area contributed by atoms with Gasteiger partial charge in [-0.3, -0.25) is 43.2 Å². The van der Waals surface area contributed by atoms with E-state index in [0.717, 1.165) is 0 Å². The predicted octanol–water partition coefficient (Wildman–Crippen LogP) is -5.62. The second-order valence-electron chi connectivity index (χ2n) is 10.5. The molecule has 0 aromatic heterocycles. The van der Waals surface area contributed by atoms with Crippen molar-refractivity contribution in [2.45, 2.75) is 69.2 Å². The highest BCUT2D eigenvalue weighted by Crippen LogP contribution is 2.05. The molecule has 48 heavy (non-hydrogen) atoms. The number of primary amides is 2. The summed E-state index contributed by atoms with van der Waals surface area (Å²) < 4.78 is 0. The maximum absolute atomic E-state index is 13.1. The van der Waals surface area contributed by atoms with Crippen molar-refractivity contribution in [1.29, 1.82) is 0 Å². The minimum Gasteiger partial charge on any atom is -0.394 e. The molecule has 0 spiro atoms. The highest BCUT2D eigenvalue weighted by Gasteiger charge is 2.29. The van der Waals surface area contributed by atoms with E-state index in [-0.39, 0.29) is 32.1 Å². The molecular formula is C29H42N9O10. The number of amides is 8. The van der Waals surface area contributed by atoms with Gasteiger partial charge in [0, 0.05) is 19.3 Å². The van der Waals surface area contributed by atoms with Crippen LogP contribution >= 0.6 is 0 Å². The summed E-state index contributed by atoms with van der Waals surface area (Å²) in [6.07, 6.45) is 0.543. The lowest BCUT2D eigenvalue weighted by Gasteiger charge is -2.23. The van der Waals surface area contributed by atoms with Crippen LogP contribution < -0.4 is 49.1 Å². The molecule has 0 saturated heterocycles. The van der Waals surface area contributed by atoms with Gasteiger partial charge in [-0.25, -0.2) is 0 Å². The van der Waals surface area contributed by atoms with E-state index in [9.17, 15) is 48.3 Å². The summed E-state index contributed by atoms with van der Waals surface area (Å²) in [5.41, 5.74) is 16.8. The molecule has 19 heteroatoms. The highest BCUT2D eigenvalue weighted by atomic mass is 16.3. The number of carbonyl (C=O) groups excluding carboxylic acids is 9. The van der Waals surface area contributed by atoms with Gasteiger partial charge in [0.15, 0.2) is 0 Å². The molecule has 0 aliphatic rings. The third-order valence-electron chi connectivity index (χ3n) is 6.61. The van der Waals surface area contributed by atoms with Crippen molar-refractivity contribution < 1.29 is 48.3 Å². The average molecular weight is 677 g/mol. The molecule has 1 radical (unpaired) electrons. The number of aliphatic hydroxyl groups excluding tert-OH is 1. The van der Waals surface area contributed by atoms with Crippen LogP contribution in [-0.4, -0.2) is 109 Å². The molecule has 0 bridgehead atoms. The normalized spacial score (nSPS) is 13.6. The van der Waals surface area contributed by atoms with Crippen molar-refractivity contribution in [3.63, 3.8) is 0 Å². The van der Waals surface area contributed by atoms with E-state index in [4.69, 9.17) is 17.2 Å². The Morgan fingerprint density at radius 3 is 1.90 bits per heavy atom. The number of rotatable bonds is 22. The predicted molar refractivity (Wildman–Crippen MR) is 167 cm³/mol. The third kappa shape index (κ3) is 15.7. The van der Waals surface area contributed by atoms with E-state index in [1.54, 1.807) is 30.3 Å². The van der Waals surface area contributed by atoms with Crippen molar-refractivity contribution in [2.75, 3.05) is 19.7 Å². The molecule has 1 rings (SSSR count). The van der Waals surface area contributed by atoms with E-state index < -0.39 is 97.2 Å². The molecule has 19 nitrogen and oxygen atoms in total. The lowest BCUT2D eigenvalue weighted by Crippen LogP contribution is -2.58. The summed E-state index contributed by atoms with van der Waals surface area (Å²) in [7, 11) is 0. The van der Waals surface area contributed by atoms with E-state index in [2.05, 4.69) is 31.9 Å². The van der Waals surface area contributed by atoms with Crippen molar-refractivity contribution in [3.05, 3.63) is 35.9 Å². The molecule has 263 valence electrons. The number of hydrogen-bond donors (Lipinski definition) is 10. The van der Waals surface area contributed by atoms with Gasteiger partial charge < -0.3 is 54.2 Å². The van der Waals surface area contributed by atoms with Crippen LogP contribution in [0.2, 0.25) is 0 Å². The monoisotopic (exact) mass is 676 g/mol. The topological polar surface area (TPSA) is 324 Å². The Labute approximate surface area is 275 Å². The van der Waals surface area contributed by atoms with Crippen LogP contribution in [-0.2, 0) is 49.6 Å². The Hall–Kier alpha value is -5.43. The van der Waals surface area contributed by atoms with Gasteiger partial charge in [0.25, 0.3) is 0 Å². The van der Waals surface area contributed by atoms with Crippen LogP contribution in [0.3, 0.4) is 0 Å². The molecule has 0 fully saturated rings. The number of hydrogen-bond acceptors (Lipinski definition) is 11. The molecule has 1 aromatic carbocycles. The lowest BCUT2D eigenvalue weighted by atomic mass is 10.0. The number of benzene rings is 1. The average Bonchev–Trinajstić information content (AvgIpc) is 3.05. The highest BCUT2D eigenvalue weighted by molar-refractivity contribution is 5.96. The molecule has 1 aromatic rings. The fourth-order valence-corrected chi connectivity index (χ4v) is 3.98. The summed E-state index contributed by atoms with van der Waals surface area (Å²) >= 11 is 0. The second-order valence-corrected chi connectivity index (χ2v) is 10.5. The van der Waals surface area contributed by atoms with Gasteiger partial charge in [-0.15, -0.1) is 0 Å². The maximum atomic E-state index is 13.1. The molecular weight excluding hydrogens is 634 g/mol. The van der Waals surface area contributed by atoms with Gasteiger partial charge in [-0.2, -0.15) is 0 Å². The fourth-order valence-electron chi connectivity index (χ4n) is 3.98. The van der Waals surface area contributed by atoms with Gasteiger partial charge >= 0.3 is 0 Å². The zero-order valence-corrected chi connectivity index (χ0v) is 26.3. The largest absolute Gasteiger partial charge is 0.394 e. The second kappa shape index (κ2) is 21.4. The smallest absolute Gasteiger partial charge is 0.245 e. The molecule has 0 aliphatic carbocycles. The minimum atomic E-state index is -1.59. The maximum Gasteiger partial charge on any atom is 0.245 e. The summed E-state index contributed by atoms with van der Waals surface area (Å²) in [6.45, 7) is -0.743. The van der Waals surface area contributed by atoms with Crippen LogP contribution in [0.5, 0.6) is 0 Å². The van der Waals surface area contributed by atoms with Gasteiger partial charge in [0.1, 0.15) is 24.2 Å². The van der Waals surface area contributed by atoms with Crippen molar-refractivity contribution in [2.24, 2.45) is 17.2 Å². The van der Waals surface area contributed by atoms with E-state index >= 15 is 0 Å². The Balaban J connectivity index is 2.94. The zero-order chi connectivity index (χ0) is 36.2. The van der Waals surface area contributed by atoms with Crippen LogP contribution in [0.15, 0.2) is 30.3 Å². The van der Waals surface area contributed by atoms with Crippen molar-refractivity contribution in [1.82, 2.24) is 31.9 Å². The first-order valence-corrected chi connectivity index (χ1v) is 14.8. The van der Waals surface area contributed by atoms with E-state index in [1.165, 1.54) is 13.2 Å². The van der Waals surface area contributed by atoms with Crippen LogP contribution in [0.1, 0.15) is 38.2 Å². The molecule has 5 atom stereocenters. The molecule has 13 N–H and O–H groups in total. The van der Waals surface area contributed by atoms with Crippen LogP contribution in [0.4, 0.5) is 0 Å². The van der Waals surface area contributed by atoms with Crippen LogP contribution in [0, 0.1) is 0 Å². The Morgan fingerprint density at radius 1 is 0.729 bits per heavy atom. The quantitative estimate of drug-likeness (QED) is 0.0552. The number of carbonyl (C=O) groups is 8. The number of nitrogens with two attached hydrogens (primary N) is 3. The third-order valence-corrected chi connectivity index (χ3v) is 6.61. The molecule has 8 amide bonds. The molecule has 0 heterocycles. The lowest BCUT2D eigenvalue weighted by molar-refractivity contribution is -0.134. The first-order valence-electron chi connectivity index (χ1n) is 14.8. The number of nitrogens with one attached hydrogen (secondary N) is 6. The summed E-state index contributed by atoms with van der Waals surface area (Å²) in [6, 6.07) is 2.02. The van der Waals surface area contributed by atoms with E-state index in [1.807, 2.05) is 0 Å².